The maximum absolute atomic E-state index is 13.0. The van der Waals surface area contributed by atoms with Crippen molar-refractivity contribution in [3.63, 3.8) is 0 Å². The average Bonchev–Trinajstić information content (AvgIpc) is 3.14. The number of halogens is 1. The Hall–Kier alpha value is -3.07. The van der Waals surface area contributed by atoms with Gasteiger partial charge in [0.1, 0.15) is 12.5 Å². The second kappa shape index (κ2) is 8.52. The number of nitrogens with one attached hydrogen (secondary N) is 2. The number of nitrogen functional groups attached to an aromatic ring is 1. The molecule has 4 N–H and O–H groups in total. The third-order valence-electron chi connectivity index (χ3n) is 5.16. The minimum Gasteiger partial charge on any atom is -0.383 e. The highest BCUT2D eigenvalue weighted by Crippen LogP contribution is 2.22. The number of rotatable bonds is 6. The minimum atomic E-state index is -0.688. The van der Waals surface area contributed by atoms with Crippen molar-refractivity contribution in [2.75, 3.05) is 17.6 Å². The number of nitrogens with zero attached hydrogens (tertiary/aromatic N) is 4. The Bertz CT molecular complexity index is 1010. The quantitative estimate of drug-likeness (QED) is 0.590. The van der Waals surface area contributed by atoms with E-state index in [-0.39, 0.29) is 11.7 Å². The number of aromatic nitrogens is 4. The molecule has 8 nitrogen and oxygen atoms in total. The minimum absolute atomic E-state index is 0.0590. The molecule has 3 aromatic rings. The van der Waals surface area contributed by atoms with E-state index in [0.29, 0.717) is 40.7 Å². The molecule has 0 saturated carbocycles. The van der Waals surface area contributed by atoms with E-state index < -0.39 is 6.67 Å². The van der Waals surface area contributed by atoms with Crippen LogP contribution in [0.25, 0.3) is 16.9 Å². The summed E-state index contributed by atoms with van der Waals surface area (Å²) in [5.41, 5.74) is 7.86. The van der Waals surface area contributed by atoms with Crippen molar-refractivity contribution < 1.29 is 9.18 Å². The number of carbonyl (C=O) groups is 1. The Morgan fingerprint density at radius 1 is 1.38 bits per heavy atom. The van der Waals surface area contributed by atoms with Crippen LogP contribution in [-0.2, 0) is 11.5 Å². The molecule has 0 spiro atoms. The Morgan fingerprint density at radius 2 is 2.28 bits per heavy atom. The van der Waals surface area contributed by atoms with Gasteiger partial charge in [0.25, 0.3) is 0 Å². The molecule has 1 unspecified atom stereocenters. The van der Waals surface area contributed by atoms with Gasteiger partial charge in [-0.1, -0.05) is 6.42 Å². The van der Waals surface area contributed by atoms with Crippen LogP contribution in [-0.4, -0.2) is 38.1 Å². The van der Waals surface area contributed by atoms with Gasteiger partial charge in [-0.2, -0.15) is 5.10 Å². The SMILES string of the molecule is Nc1ncc(-c2ccc3nc(NC(=O)CCC4CCCCN4)cn3n2)cc1CF. The molecule has 1 atom stereocenters. The first kappa shape index (κ1) is 19.3. The number of amides is 1. The van der Waals surface area contributed by atoms with Crippen molar-refractivity contribution in [1.82, 2.24) is 24.9 Å². The summed E-state index contributed by atoms with van der Waals surface area (Å²) < 4.78 is 14.6. The second-order valence-corrected chi connectivity index (χ2v) is 7.28. The average molecular weight is 397 g/mol. The van der Waals surface area contributed by atoms with E-state index in [2.05, 4.69) is 25.7 Å². The fourth-order valence-corrected chi connectivity index (χ4v) is 3.55. The van der Waals surface area contributed by atoms with E-state index in [1.165, 1.54) is 12.8 Å². The summed E-state index contributed by atoms with van der Waals surface area (Å²) in [5, 5.41) is 10.8. The Morgan fingerprint density at radius 3 is 3.07 bits per heavy atom. The van der Waals surface area contributed by atoms with Gasteiger partial charge >= 0.3 is 0 Å². The lowest BCUT2D eigenvalue weighted by Gasteiger charge is -2.22. The van der Waals surface area contributed by atoms with Crippen LogP contribution in [0.1, 0.15) is 37.7 Å². The molecule has 0 radical (unpaired) electrons. The zero-order valence-corrected chi connectivity index (χ0v) is 16.1. The normalized spacial score (nSPS) is 16.8. The number of anilines is 2. The van der Waals surface area contributed by atoms with Gasteiger partial charge in [-0.3, -0.25) is 4.79 Å². The molecule has 1 aliphatic rings. The van der Waals surface area contributed by atoms with E-state index >= 15 is 0 Å². The largest absolute Gasteiger partial charge is 0.383 e. The molecule has 29 heavy (non-hydrogen) atoms. The molecule has 0 aliphatic carbocycles. The van der Waals surface area contributed by atoms with Crippen LogP contribution in [0, 0.1) is 0 Å². The molecule has 4 rings (SSSR count). The summed E-state index contributed by atoms with van der Waals surface area (Å²) in [5.74, 6) is 0.570. The van der Waals surface area contributed by atoms with Crippen LogP contribution in [0.2, 0.25) is 0 Å². The Balaban J connectivity index is 1.44. The van der Waals surface area contributed by atoms with E-state index in [1.54, 1.807) is 35.1 Å². The number of imidazole rings is 1. The molecule has 0 aromatic carbocycles. The summed E-state index contributed by atoms with van der Waals surface area (Å²) in [6.07, 6.45) is 8.04. The Labute approximate surface area is 167 Å². The molecule has 1 amide bonds. The van der Waals surface area contributed by atoms with Crippen LogP contribution < -0.4 is 16.4 Å². The Kier molecular flexibility index (Phi) is 5.66. The highest BCUT2D eigenvalue weighted by atomic mass is 19.1. The number of carbonyl (C=O) groups excluding carboxylic acids is 1. The molecule has 1 fully saturated rings. The number of fused-ring (bicyclic) bond motifs is 1. The third kappa shape index (κ3) is 4.51. The van der Waals surface area contributed by atoms with Crippen LogP contribution in [0.3, 0.4) is 0 Å². The number of piperidine rings is 1. The number of hydrogen-bond donors (Lipinski definition) is 3. The van der Waals surface area contributed by atoms with Gasteiger partial charge in [0.2, 0.25) is 5.91 Å². The van der Waals surface area contributed by atoms with Gasteiger partial charge in [-0.05, 0) is 44.0 Å². The lowest BCUT2D eigenvalue weighted by Crippen LogP contribution is -2.34. The van der Waals surface area contributed by atoms with Crippen molar-refractivity contribution in [1.29, 1.82) is 0 Å². The second-order valence-electron chi connectivity index (χ2n) is 7.28. The van der Waals surface area contributed by atoms with Gasteiger partial charge in [0.05, 0.1) is 11.9 Å². The maximum Gasteiger partial charge on any atom is 0.225 e. The van der Waals surface area contributed by atoms with Crippen LogP contribution in [0.5, 0.6) is 0 Å². The molecule has 1 aliphatic heterocycles. The fraction of sp³-hybridized carbons (Fsp3) is 0.400. The summed E-state index contributed by atoms with van der Waals surface area (Å²) in [7, 11) is 0. The molecule has 4 heterocycles. The molecular weight excluding hydrogens is 373 g/mol. The third-order valence-corrected chi connectivity index (χ3v) is 5.16. The van der Waals surface area contributed by atoms with E-state index in [1.807, 2.05) is 0 Å². The molecule has 1 saturated heterocycles. The van der Waals surface area contributed by atoms with E-state index in [4.69, 9.17) is 5.73 Å². The topological polar surface area (TPSA) is 110 Å². The van der Waals surface area contributed by atoms with Gasteiger partial charge in [0, 0.05) is 29.8 Å². The lowest BCUT2D eigenvalue weighted by atomic mass is 10.0. The summed E-state index contributed by atoms with van der Waals surface area (Å²) in [6, 6.07) is 5.62. The fourth-order valence-electron chi connectivity index (χ4n) is 3.55. The summed E-state index contributed by atoms with van der Waals surface area (Å²) in [6.45, 7) is 0.343. The zero-order valence-electron chi connectivity index (χ0n) is 16.1. The van der Waals surface area contributed by atoms with Crippen molar-refractivity contribution in [3.8, 4) is 11.3 Å². The molecule has 152 valence electrons. The van der Waals surface area contributed by atoms with Crippen molar-refractivity contribution in [2.45, 2.75) is 44.8 Å². The standard InChI is InChI=1S/C20H24FN7O/c21-10-13-9-14(11-24-20(13)22)16-5-6-18-25-17(12-28(18)27-16)26-19(29)7-4-15-3-1-2-8-23-15/h5-6,9,11-12,15,23H,1-4,7-8,10H2,(H2,22,24)(H,26,29). The van der Waals surface area contributed by atoms with E-state index in [0.717, 1.165) is 19.4 Å². The smallest absolute Gasteiger partial charge is 0.225 e. The number of hydrogen-bond acceptors (Lipinski definition) is 6. The number of alkyl halides is 1. The number of nitrogens with two attached hydrogens (primary N) is 1. The summed E-state index contributed by atoms with van der Waals surface area (Å²) in [4.78, 5) is 20.7. The van der Waals surface area contributed by atoms with Gasteiger partial charge < -0.3 is 16.4 Å². The first-order valence-corrected chi connectivity index (χ1v) is 9.83. The highest BCUT2D eigenvalue weighted by molar-refractivity contribution is 5.90. The predicted molar refractivity (Wildman–Crippen MR) is 109 cm³/mol. The van der Waals surface area contributed by atoms with Gasteiger partial charge in [0.15, 0.2) is 11.5 Å². The van der Waals surface area contributed by atoms with Crippen molar-refractivity contribution in [3.05, 3.63) is 36.2 Å². The highest BCUT2D eigenvalue weighted by Gasteiger charge is 2.15. The lowest BCUT2D eigenvalue weighted by molar-refractivity contribution is -0.116. The number of pyridine rings is 1. The first-order chi connectivity index (χ1) is 14.1. The molecular formula is C20H24FN7O. The first-order valence-electron chi connectivity index (χ1n) is 9.83. The summed E-state index contributed by atoms with van der Waals surface area (Å²) >= 11 is 0. The monoisotopic (exact) mass is 397 g/mol. The van der Waals surface area contributed by atoms with Crippen LogP contribution >= 0.6 is 0 Å². The van der Waals surface area contributed by atoms with E-state index in [9.17, 15) is 9.18 Å². The molecule has 0 bridgehead atoms. The zero-order chi connectivity index (χ0) is 20.2. The van der Waals surface area contributed by atoms with Crippen molar-refractivity contribution in [2.24, 2.45) is 0 Å². The van der Waals surface area contributed by atoms with Gasteiger partial charge in [-0.15, -0.1) is 0 Å². The molecule has 3 aromatic heterocycles. The molecule has 9 heteroatoms. The van der Waals surface area contributed by atoms with Gasteiger partial charge in [-0.25, -0.2) is 18.9 Å². The van der Waals surface area contributed by atoms with Crippen LogP contribution in [0.4, 0.5) is 16.0 Å². The maximum atomic E-state index is 13.0. The van der Waals surface area contributed by atoms with Crippen LogP contribution in [0.15, 0.2) is 30.6 Å². The predicted octanol–water partition coefficient (Wildman–Crippen LogP) is 2.70. The van der Waals surface area contributed by atoms with Crippen molar-refractivity contribution >= 4 is 23.2 Å².